The Labute approximate surface area is 201 Å². The Morgan fingerprint density at radius 2 is 1.29 bits per heavy atom. The number of nitrogens with one attached hydrogen (secondary N) is 2. The standard InChI is InChI=1S/C29H32N2O3/c1-29(2,3)31-28(34)24-17-11-10-16-23(24)20-26(32)25(18-21-12-6-4-7-13-21)30-27(33)19-22-14-8-5-9-15-22/h4-17,25H,18-20H2,1-3H3,(H,30,33)(H,31,34). The lowest BCUT2D eigenvalue weighted by Crippen LogP contribution is -2.44. The number of Topliss-reactive ketones (excluding diaryl/α,β-unsaturated/α-hetero) is 1. The molecule has 0 saturated carbocycles. The van der Waals surface area contributed by atoms with Crippen LogP contribution in [0, 0.1) is 0 Å². The molecule has 0 heterocycles. The third-order valence-electron chi connectivity index (χ3n) is 5.33. The molecule has 0 aromatic heterocycles. The van der Waals surface area contributed by atoms with Gasteiger partial charge in [0.2, 0.25) is 5.91 Å². The molecule has 176 valence electrons. The van der Waals surface area contributed by atoms with Gasteiger partial charge in [0, 0.05) is 17.5 Å². The molecule has 0 spiro atoms. The van der Waals surface area contributed by atoms with Crippen LogP contribution in [0.5, 0.6) is 0 Å². The Morgan fingerprint density at radius 3 is 1.91 bits per heavy atom. The van der Waals surface area contributed by atoms with Gasteiger partial charge in [-0.05, 0) is 49.9 Å². The zero-order valence-electron chi connectivity index (χ0n) is 20.0. The van der Waals surface area contributed by atoms with Crippen molar-refractivity contribution >= 4 is 17.6 Å². The zero-order chi connectivity index (χ0) is 24.6. The van der Waals surface area contributed by atoms with Crippen LogP contribution in [0.3, 0.4) is 0 Å². The molecule has 1 atom stereocenters. The summed E-state index contributed by atoms with van der Waals surface area (Å²) >= 11 is 0. The zero-order valence-corrected chi connectivity index (χ0v) is 20.0. The van der Waals surface area contributed by atoms with E-state index in [-0.39, 0.29) is 30.4 Å². The number of hydrogen-bond acceptors (Lipinski definition) is 3. The molecule has 0 saturated heterocycles. The van der Waals surface area contributed by atoms with Gasteiger partial charge in [0.15, 0.2) is 5.78 Å². The van der Waals surface area contributed by atoms with Crippen LogP contribution in [0.4, 0.5) is 0 Å². The summed E-state index contributed by atoms with van der Waals surface area (Å²) in [6.45, 7) is 5.74. The van der Waals surface area contributed by atoms with Gasteiger partial charge in [-0.1, -0.05) is 78.9 Å². The van der Waals surface area contributed by atoms with Crippen LogP contribution in [0.2, 0.25) is 0 Å². The SMILES string of the molecule is CC(C)(C)NC(=O)c1ccccc1CC(=O)C(Cc1ccccc1)NC(=O)Cc1ccccc1. The summed E-state index contributed by atoms with van der Waals surface area (Å²) in [4.78, 5) is 39.0. The van der Waals surface area contributed by atoms with E-state index in [9.17, 15) is 14.4 Å². The van der Waals surface area contributed by atoms with Gasteiger partial charge in [0.1, 0.15) is 0 Å². The molecule has 3 rings (SSSR count). The van der Waals surface area contributed by atoms with Gasteiger partial charge < -0.3 is 10.6 Å². The van der Waals surface area contributed by atoms with Crippen LogP contribution in [0.1, 0.15) is 47.8 Å². The topological polar surface area (TPSA) is 75.3 Å². The van der Waals surface area contributed by atoms with Gasteiger partial charge >= 0.3 is 0 Å². The molecule has 0 aliphatic heterocycles. The first-order valence-corrected chi connectivity index (χ1v) is 11.5. The molecule has 0 fully saturated rings. The molecular weight excluding hydrogens is 424 g/mol. The summed E-state index contributed by atoms with van der Waals surface area (Å²) in [5.74, 6) is -0.566. The first kappa shape index (κ1) is 24.9. The molecular formula is C29H32N2O3. The molecule has 0 radical (unpaired) electrons. The van der Waals surface area contributed by atoms with Crippen molar-refractivity contribution < 1.29 is 14.4 Å². The Hall–Kier alpha value is -3.73. The molecule has 2 N–H and O–H groups in total. The third-order valence-corrected chi connectivity index (χ3v) is 5.33. The number of benzene rings is 3. The lowest BCUT2D eigenvalue weighted by Gasteiger charge is -2.22. The van der Waals surface area contributed by atoms with Crippen molar-refractivity contribution in [3.63, 3.8) is 0 Å². The van der Waals surface area contributed by atoms with E-state index in [1.165, 1.54) is 0 Å². The average molecular weight is 457 g/mol. The maximum atomic E-state index is 13.4. The molecule has 0 aliphatic rings. The highest BCUT2D eigenvalue weighted by molar-refractivity contribution is 5.98. The van der Waals surface area contributed by atoms with Crippen LogP contribution in [0.15, 0.2) is 84.9 Å². The molecule has 2 amide bonds. The Kier molecular flexibility index (Phi) is 8.36. The first-order valence-electron chi connectivity index (χ1n) is 11.5. The summed E-state index contributed by atoms with van der Waals surface area (Å²) in [7, 11) is 0. The highest BCUT2D eigenvalue weighted by atomic mass is 16.2. The van der Waals surface area contributed by atoms with E-state index in [1.54, 1.807) is 18.2 Å². The maximum Gasteiger partial charge on any atom is 0.251 e. The minimum atomic E-state index is -0.697. The van der Waals surface area contributed by atoms with Crippen molar-refractivity contribution in [3.8, 4) is 0 Å². The fourth-order valence-corrected chi connectivity index (χ4v) is 3.74. The predicted molar refractivity (Wildman–Crippen MR) is 135 cm³/mol. The summed E-state index contributed by atoms with van der Waals surface area (Å²) in [6.07, 6.45) is 0.636. The van der Waals surface area contributed by atoms with Gasteiger partial charge in [-0.2, -0.15) is 0 Å². The Bertz CT molecular complexity index is 1120. The largest absolute Gasteiger partial charge is 0.347 e. The monoisotopic (exact) mass is 456 g/mol. The Morgan fingerprint density at radius 1 is 0.735 bits per heavy atom. The van der Waals surface area contributed by atoms with Crippen LogP contribution >= 0.6 is 0 Å². The van der Waals surface area contributed by atoms with E-state index in [1.807, 2.05) is 87.5 Å². The first-order chi connectivity index (χ1) is 16.2. The van der Waals surface area contributed by atoms with Gasteiger partial charge in [0.05, 0.1) is 12.5 Å². The van der Waals surface area contributed by atoms with E-state index < -0.39 is 11.6 Å². The summed E-state index contributed by atoms with van der Waals surface area (Å²) in [5, 5.41) is 5.89. The van der Waals surface area contributed by atoms with Crippen LogP contribution < -0.4 is 10.6 Å². The minimum Gasteiger partial charge on any atom is -0.347 e. The maximum absolute atomic E-state index is 13.4. The molecule has 1 unspecified atom stereocenters. The van der Waals surface area contributed by atoms with E-state index >= 15 is 0 Å². The van der Waals surface area contributed by atoms with Gasteiger partial charge in [-0.3, -0.25) is 14.4 Å². The highest BCUT2D eigenvalue weighted by Crippen LogP contribution is 2.15. The van der Waals surface area contributed by atoms with Crippen molar-refractivity contribution in [2.75, 3.05) is 0 Å². The van der Waals surface area contributed by atoms with E-state index in [2.05, 4.69) is 10.6 Å². The molecule has 0 bridgehead atoms. The number of carbonyl (C=O) groups is 3. The minimum absolute atomic E-state index is 0.0524. The second-order valence-corrected chi connectivity index (χ2v) is 9.48. The van der Waals surface area contributed by atoms with Gasteiger partial charge in [-0.25, -0.2) is 0 Å². The second-order valence-electron chi connectivity index (χ2n) is 9.48. The fourth-order valence-electron chi connectivity index (χ4n) is 3.74. The van der Waals surface area contributed by atoms with Crippen molar-refractivity contribution in [3.05, 3.63) is 107 Å². The van der Waals surface area contributed by atoms with Crippen LogP contribution in [-0.4, -0.2) is 29.2 Å². The normalized spacial score (nSPS) is 12.0. The summed E-state index contributed by atoms with van der Waals surface area (Å²) in [6, 6.07) is 25.5. The number of carbonyl (C=O) groups excluding carboxylic acids is 3. The number of rotatable bonds is 9. The number of amides is 2. The lowest BCUT2D eigenvalue weighted by atomic mass is 9.94. The van der Waals surface area contributed by atoms with E-state index in [4.69, 9.17) is 0 Å². The fraction of sp³-hybridized carbons (Fsp3) is 0.276. The lowest BCUT2D eigenvalue weighted by molar-refractivity contribution is -0.127. The predicted octanol–water partition coefficient (Wildman–Crippen LogP) is 4.30. The molecule has 5 heteroatoms. The van der Waals surface area contributed by atoms with Gasteiger partial charge in [-0.15, -0.1) is 0 Å². The highest BCUT2D eigenvalue weighted by Gasteiger charge is 2.24. The molecule has 5 nitrogen and oxygen atoms in total. The van der Waals surface area contributed by atoms with Crippen molar-refractivity contribution in [1.29, 1.82) is 0 Å². The quantitative estimate of drug-likeness (QED) is 0.504. The molecule has 3 aromatic carbocycles. The average Bonchev–Trinajstić information content (AvgIpc) is 2.79. The van der Waals surface area contributed by atoms with E-state index in [0.717, 1.165) is 11.1 Å². The van der Waals surface area contributed by atoms with Crippen LogP contribution in [-0.2, 0) is 28.9 Å². The molecule has 0 aliphatic carbocycles. The molecule has 34 heavy (non-hydrogen) atoms. The van der Waals surface area contributed by atoms with Crippen LogP contribution in [0.25, 0.3) is 0 Å². The van der Waals surface area contributed by atoms with Crippen molar-refractivity contribution in [1.82, 2.24) is 10.6 Å². The second kappa shape index (κ2) is 11.4. The summed E-state index contributed by atoms with van der Waals surface area (Å²) in [5.41, 5.74) is 2.56. The number of hydrogen-bond donors (Lipinski definition) is 2. The number of ketones is 1. The van der Waals surface area contributed by atoms with Crippen molar-refractivity contribution in [2.24, 2.45) is 0 Å². The third kappa shape index (κ3) is 7.69. The molecule has 3 aromatic rings. The van der Waals surface area contributed by atoms with Crippen molar-refractivity contribution in [2.45, 2.75) is 51.6 Å². The Balaban J connectivity index is 1.79. The van der Waals surface area contributed by atoms with E-state index in [0.29, 0.717) is 17.5 Å². The summed E-state index contributed by atoms with van der Waals surface area (Å²) < 4.78 is 0. The van der Waals surface area contributed by atoms with Gasteiger partial charge in [0.25, 0.3) is 5.91 Å². The smallest absolute Gasteiger partial charge is 0.251 e.